The molecule has 0 spiro atoms. The molecular weight excluding hydrogens is 306 g/mol. The number of aromatic nitrogens is 2. The summed E-state index contributed by atoms with van der Waals surface area (Å²) in [5.41, 5.74) is 0.804. The van der Waals surface area contributed by atoms with E-state index in [2.05, 4.69) is 10.2 Å². The van der Waals surface area contributed by atoms with E-state index in [1.807, 2.05) is 11.0 Å². The summed E-state index contributed by atoms with van der Waals surface area (Å²) in [6.07, 6.45) is 10.7. The molecule has 0 unspecified atom stereocenters. The Morgan fingerprint density at radius 3 is 2.67 bits per heavy atom. The van der Waals surface area contributed by atoms with Crippen molar-refractivity contribution >= 4 is 5.91 Å². The van der Waals surface area contributed by atoms with Gasteiger partial charge in [-0.15, -0.1) is 10.2 Å². The second kappa shape index (κ2) is 6.79. The molecule has 0 atom stereocenters. The summed E-state index contributed by atoms with van der Waals surface area (Å²) in [6.45, 7) is 1.58. The highest BCUT2D eigenvalue weighted by molar-refractivity contribution is 5.76. The minimum atomic E-state index is 0.244. The Morgan fingerprint density at radius 1 is 1.17 bits per heavy atom. The lowest BCUT2D eigenvalue weighted by Gasteiger charge is -2.31. The molecule has 2 aromatic rings. The summed E-state index contributed by atoms with van der Waals surface area (Å²) in [6, 6.07) is 1.81. The fraction of sp³-hybridized carbons (Fsp3) is 0.611. The molecule has 6 heteroatoms. The van der Waals surface area contributed by atoms with Crippen molar-refractivity contribution in [3.63, 3.8) is 0 Å². The van der Waals surface area contributed by atoms with Gasteiger partial charge in [-0.1, -0.05) is 12.8 Å². The first-order chi connectivity index (χ1) is 11.8. The first-order valence-electron chi connectivity index (χ1n) is 8.93. The van der Waals surface area contributed by atoms with Gasteiger partial charge >= 0.3 is 0 Å². The maximum Gasteiger partial charge on any atom is 0.250 e. The minimum absolute atomic E-state index is 0.244. The van der Waals surface area contributed by atoms with Crippen LogP contribution >= 0.6 is 0 Å². The van der Waals surface area contributed by atoms with E-state index >= 15 is 0 Å². The van der Waals surface area contributed by atoms with Gasteiger partial charge in [-0.2, -0.15) is 0 Å². The van der Waals surface area contributed by atoms with Crippen molar-refractivity contribution in [3.05, 3.63) is 24.5 Å². The second-order valence-electron chi connectivity index (χ2n) is 6.97. The highest BCUT2D eigenvalue weighted by Crippen LogP contribution is 2.31. The van der Waals surface area contributed by atoms with Crippen LogP contribution in [0.3, 0.4) is 0 Å². The molecule has 6 nitrogen and oxygen atoms in total. The smallest absolute Gasteiger partial charge is 0.250 e. The standard InChI is InChI=1S/C18H23N3O3/c22-16(11-13-3-1-2-4-13)21-8-5-14(6-9-21)17-19-20-18(24-17)15-7-10-23-12-15/h7,10,12-14H,1-6,8-9,11H2. The zero-order valence-corrected chi connectivity index (χ0v) is 13.8. The molecule has 1 aliphatic heterocycles. The van der Waals surface area contributed by atoms with Gasteiger partial charge in [-0.3, -0.25) is 4.79 Å². The summed E-state index contributed by atoms with van der Waals surface area (Å²) >= 11 is 0. The number of nitrogens with zero attached hydrogens (tertiary/aromatic N) is 3. The Morgan fingerprint density at radius 2 is 1.96 bits per heavy atom. The topological polar surface area (TPSA) is 72.4 Å². The van der Waals surface area contributed by atoms with E-state index in [0.717, 1.165) is 37.9 Å². The highest BCUT2D eigenvalue weighted by atomic mass is 16.4. The van der Waals surface area contributed by atoms with Crippen molar-refractivity contribution in [1.82, 2.24) is 15.1 Å². The molecule has 0 N–H and O–H groups in total. The van der Waals surface area contributed by atoms with Crippen molar-refractivity contribution < 1.29 is 13.6 Å². The van der Waals surface area contributed by atoms with Gasteiger partial charge in [0, 0.05) is 25.4 Å². The number of hydrogen-bond acceptors (Lipinski definition) is 5. The lowest BCUT2D eigenvalue weighted by molar-refractivity contribution is -0.133. The van der Waals surface area contributed by atoms with Crippen molar-refractivity contribution in [3.8, 4) is 11.5 Å². The fourth-order valence-electron chi connectivity index (χ4n) is 3.87. The van der Waals surface area contributed by atoms with Crippen LogP contribution in [0.1, 0.15) is 56.8 Å². The third-order valence-corrected chi connectivity index (χ3v) is 5.34. The summed E-state index contributed by atoms with van der Waals surface area (Å²) in [5, 5.41) is 8.29. The maximum atomic E-state index is 12.4. The monoisotopic (exact) mass is 329 g/mol. The van der Waals surface area contributed by atoms with E-state index in [-0.39, 0.29) is 5.92 Å². The predicted octanol–water partition coefficient (Wildman–Crippen LogP) is 3.62. The van der Waals surface area contributed by atoms with Crippen molar-refractivity contribution in [1.29, 1.82) is 0 Å². The summed E-state index contributed by atoms with van der Waals surface area (Å²) in [5.74, 6) is 2.36. The SMILES string of the molecule is O=C(CC1CCCC1)N1CCC(c2nnc(-c3ccoc3)o2)CC1. The summed E-state index contributed by atoms with van der Waals surface area (Å²) in [7, 11) is 0. The summed E-state index contributed by atoms with van der Waals surface area (Å²) < 4.78 is 10.8. The Bertz CT molecular complexity index is 666. The number of likely N-dealkylation sites (tertiary alicyclic amines) is 1. The zero-order chi connectivity index (χ0) is 16.4. The van der Waals surface area contributed by atoms with Crippen LogP contribution in [0.15, 0.2) is 27.4 Å². The molecule has 128 valence electrons. The number of carbonyl (C=O) groups is 1. The van der Waals surface area contributed by atoms with Gasteiger partial charge < -0.3 is 13.7 Å². The van der Waals surface area contributed by atoms with E-state index in [9.17, 15) is 4.79 Å². The van der Waals surface area contributed by atoms with Crippen LogP contribution in [0.25, 0.3) is 11.5 Å². The average molecular weight is 329 g/mol. The van der Waals surface area contributed by atoms with Crippen LogP contribution in [0, 0.1) is 5.92 Å². The number of rotatable bonds is 4. The highest BCUT2D eigenvalue weighted by Gasteiger charge is 2.29. The van der Waals surface area contributed by atoms with Crippen LogP contribution in [0.2, 0.25) is 0 Å². The molecule has 2 aromatic heterocycles. The largest absolute Gasteiger partial charge is 0.472 e. The van der Waals surface area contributed by atoms with Gasteiger partial charge in [0.1, 0.15) is 6.26 Å². The molecule has 0 aromatic carbocycles. The van der Waals surface area contributed by atoms with Gasteiger partial charge in [-0.25, -0.2) is 0 Å². The molecule has 1 amide bonds. The molecule has 3 heterocycles. The van der Waals surface area contributed by atoms with Gasteiger partial charge in [-0.05, 0) is 37.7 Å². The third kappa shape index (κ3) is 3.23. The normalized spacial score (nSPS) is 19.9. The Labute approximate surface area is 141 Å². The maximum absolute atomic E-state index is 12.4. The zero-order valence-electron chi connectivity index (χ0n) is 13.8. The van der Waals surface area contributed by atoms with E-state index in [0.29, 0.717) is 23.6 Å². The van der Waals surface area contributed by atoms with E-state index in [4.69, 9.17) is 8.83 Å². The average Bonchev–Trinajstić information content (AvgIpc) is 3.36. The minimum Gasteiger partial charge on any atom is -0.472 e. The Kier molecular flexibility index (Phi) is 4.36. The molecule has 4 rings (SSSR count). The van der Waals surface area contributed by atoms with Crippen molar-refractivity contribution in [2.24, 2.45) is 5.92 Å². The van der Waals surface area contributed by atoms with Gasteiger partial charge in [0.05, 0.1) is 11.8 Å². The quantitative estimate of drug-likeness (QED) is 0.856. The second-order valence-corrected chi connectivity index (χ2v) is 6.97. The fourth-order valence-corrected chi connectivity index (χ4v) is 3.87. The number of piperidine rings is 1. The molecule has 0 bridgehead atoms. The van der Waals surface area contributed by atoms with E-state index < -0.39 is 0 Å². The molecule has 1 aliphatic carbocycles. The Hall–Kier alpha value is -2.11. The molecule has 24 heavy (non-hydrogen) atoms. The predicted molar refractivity (Wildman–Crippen MR) is 87.1 cm³/mol. The first-order valence-corrected chi connectivity index (χ1v) is 8.93. The molecular formula is C18H23N3O3. The number of amides is 1. The first kappa shape index (κ1) is 15.4. The van der Waals surface area contributed by atoms with Gasteiger partial charge in [0.2, 0.25) is 11.8 Å². The van der Waals surface area contributed by atoms with Crippen molar-refractivity contribution in [2.45, 2.75) is 50.9 Å². The lowest BCUT2D eigenvalue weighted by Crippen LogP contribution is -2.38. The molecule has 2 fully saturated rings. The molecule has 1 saturated heterocycles. The van der Waals surface area contributed by atoms with Crippen LogP contribution in [0.5, 0.6) is 0 Å². The molecule has 1 saturated carbocycles. The van der Waals surface area contributed by atoms with Crippen molar-refractivity contribution in [2.75, 3.05) is 13.1 Å². The number of furan rings is 1. The van der Waals surface area contributed by atoms with Crippen LogP contribution in [0.4, 0.5) is 0 Å². The van der Waals surface area contributed by atoms with Gasteiger partial charge in [0.15, 0.2) is 0 Å². The van der Waals surface area contributed by atoms with Crippen LogP contribution < -0.4 is 0 Å². The Balaban J connectivity index is 1.32. The van der Waals surface area contributed by atoms with Crippen LogP contribution in [-0.2, 0) is 4.79 Å². The molecule has 2 aliphatic rings. The van der Waals surface area contributed by atoms with Crippen LogP contribution in [-0.4, -0.2) is 34.1 Å². The van der Waals surface area contributed by atoms with E-state index in [1.54, 1.807) is 12.5 Å². The molecule has 0 radical (unpaired) electrons. The summed E-state index contributed by atoms with van der Waals surface area (Å²) in [4.78, 5) is 14.4. The van der Waals surface area contributed by atoms with E-state index in [1.165, 1.54) is 25.7 Å². The van der Waals surface area contributed by atoms with Gasteiger partial charge in [0.25, 0.3) is 5.89 Å². The number of carbonyl (C=O) groups excluding carboxylic acids is 1. The lowest BCUT2D eigenvalue weighted by atomic mass is 9.95. The number of hydrogen-bond donors (Lipinski definition) is 0. The third-order valence-electron chi connectivity index (χ3n) is 5.34.